The molecule has 0 aromatic carbocycles. The van der Waals surface area contributed by atoms with E-state index in [2.05, 4.69) is 39.5 Å². The van der Waals surface area contributed by atoms with Gasteiger partial charge in [-0.05, 0) is 29.0 Å². The Morgan fingerprint density at radius 1 is 1.54 bits per heavy atom. The zero-order valence-corrected chi connectivity index (χ0v) is 10.2. The van der Waals surface area contributed by atoms with Crippen molar-refractivity contribution in [3.05, 3.63) is 16.0 Å². The molecule has 1 N–H and O–H groups in total. The van der Waals surface area contributed by atoms with E-state index in [1.165, 1.54) is 0 Å². The molecule has 1 aromatic rings. The Morgan fingerprint density at radius 2 is 2.15 bits per heavy atom. The average molecular weight is 310 g/mol. The Bertz CT molecular complexity index is 255. The van der Waals surface area contributed by atoms with Crippen molar-refractivity contribution in [2.24, 2.45) is 0 Å². The molecule has 0 spiro atoms. The smallest absolute Gasteiger partial charge is 0.187 e. The number of aliphatic hydroxyl groups excluding tert-OH is 1. The summed E-state index contributed by atoms with van der Waals surface area (Å²) in [5.74, 6) is 0. The summed E-state index contributed by atoms with van der Waals surface area (Å²) >= 11 is 3.76. The van der Waals surface area contributed by atoms with Crippen LogP contribution in [0.1, 0.15) is 13.3 Å². The maximum atomic E-state index is 8.70. The third-order valence-electron chi connectivity index (χ3n) is 1.44. The molecule has 0 aliphatic rings. The number of aromatic nitrogens is 2. The van der Waals surface area contributed by atoms with Gasteiger partial charge in [-0.1, -0.05) is 18.7 Å². The molecule has 0 aliphatic heterocycles. The molecule has 0 bridgehead atoms. The van der Waals surface area contributed by atoms with Crippen molar-refractivity contribution in [3.8, 4) is 0 Å². The first-order valence-electron chi connectivity index (χ1n) is 3.97. The normalized spacial score (nSPS) is 12.8. The second-order valence-corrected chi connectivity index (χ2v) is 5.28. The number of aliphatic hydroxyl groups is 1. The topological polar surface area (TPSA) is 46.0 Å². The number of rotatable bonds is 4. The van der Waals surface area contributed by atoms with Gasteiger partial charge in [0.1, 0.15) is 0 Å². The van der Waals surface area contributed by atoms with Crippen LogP contribution in [0.25, 0.3) is 0 Å². The van der Waals surface area contributed by atoms with Crippen molar-refractivity contribution in [3.63, 3.8) is 0 Å². The second-order valence-electron chi connectivity index (χ2n) is 2.62. The zero-order valence-electron chi connectivity index (χ0n) is 7.27. The summed E-state index contributed by atoms with van der Waals surface area (Å²) in [6.45, 7) is 2.28. The highest BCUT2D eigenvalue weighted by Crippen LogP contribution is 2.20. The van der Waals surface area contributed by atoms with Gasteiger partial charge in [-0.3, -0.25) is 0 Å². The molecular weight excluding hydrogens is 299 g/mol. The molecule has 0 amide bonds. The molecule has 3 nitrogen and oxygen atoms in total. The van der Waals surface area contributed by atoms with Crippen LogP contribution < -0.4 is 0 Å². The van der Waals surface area contributed by atoms with Gasteiger partial charge >= 0.3 is 0 Å². The molecule has 0 saturated carbocycles. The van der Waals surface area contributed by atoms with Gasteiger partial charge in [-0.25, -0.2) is 9.97 Å². The van der Waals surface area contributed by atoms with E-state index in [9.17, 15) is 0 Å². The highest BCUT2D eigenvalue weighted by Gasteiger charge is 2.05. The number of halogens is 1. The Kier molecular flexibility index (Phi) is 4.97. The lowest BCUT2D eigenvalue weighted by atomic mass is 10.4. The van der Waals surface area contributed by atoms with Crippen LogP contribution in [0.2, 0.25) is 0 Å². The fourth-order valence-corrected chi connectivity index (χ4v) is 1.87. The van der Waals surface area contributed by atoms with E-state index >= 15 is 0 Å². The molecule has 1 rings (SSSR count). The van der Waals surface area contributed by atoms with Crippen LogP contribution in [-0.2, 0) is 0 Å². The van der Waals surface area contributed by atoms with E-state index in [1.807, 2.05) is 0 Å². The van der Waals surface area contributed by atoms with E-state index in [0.717, 1.165) is 15.1 Å². The monoisotopic (exact) mass is 310 g/mol. The molecule has 1 aromatic heterocycles. The lowest BCUT2D eigenvalue weighted by Crippen LogP contribution is -2.00. The summed E-state index contributed by atoms with van der Waals surface area (Å²) in [4.78, 5) is 8.33. The molecule has 72 valence electrons. The summed E-state index contributed by atoms with van der Waals surface area (Å²) in [5.41, 5.74) is 0. The maximum Gasteiger partial charge on any atom is 0.187 e. The number of hydrogen-bond donors (Lipinski definition) is 1. The third-order valence-corrected chi connectivity index (χ3v) is 3.06. The highest BCUT2D eigenvalue weighted by atomic mass is 127. The molecule has 1 heterocycles. The molecule has 1 atom stereocenters. The van der Waals surface area contributed by atoms with Crippen LogP contribution >= 0.6 is 34.4 Å². The van der Waals surface area contributed by atoms with Crippen molar-refractivity contribution in [2.75, 3.05) is 6.61 Å². The van der Waals surface area contributed by atoms with Crippen molar-refractivity contribution >= 4 is 34.4 Å². The quantitative estimate of drug-likeness (QED) is 0.524. The van der Waals surface area contributed by atoms with Gasteiger partial charge in [-0.15, -0.1) is 0 Å². The minimum absolute atomic E-state index is 0.221. The van der Waals surface area contributed by atoms with Gasteiger partial charge in [0.15, 0.2) is 5.16 Å². The molecule has 1 unspecified atom stereocenters. The summed E-state index contributed by atoms with van der Waals surface area (Å²) in [6, 6.07) is 0. The van der Waals surface area contributed by atoms with Crippen LogP contribution in [0.5, 0.6) is 0 Å². The van der Waals surface area contributed by atoms with E-state index in [0.29, 0.717) is 5.25 Å². The van der Waals surface area contributed by atoms with E-state index in [1.54, 1.807) is 24.2 Å². The van der Waals surface area contributed by atoms with Gasteiger partial charge in [0.25, 0.3) is 0 Å². The maximum absolute atomic E-state index is 8.70. The fraction of sp³-hybridized carbons (Fsp3) is 0.500. The Balaban J connectivity index is 2.49. The molecule has 13 heavy (non-hydrogen) atoms. The molecular formula is C8H11IN2OS. The first-order valence-corrected chi connectivity index (χ1v) is 5.93. The molecule has 0 aliphatic carbocycles. The van der Waals surface area contributed by atoms with E-state index in [-0.39, 0.29) is 6.61 Å². The van der Waals surface area contributed by atoms with Gasteiger partial charge in [-0.2, -0.15) is 0 Å². The average Bonchev–Trinajstić information content (AvgIpc) is 2.09. The minimum Gasteiger partial charge on any atom is -0.396 e. The summed E-state index contributed by atoms with van der Waals surface area (Å²) in [6.07, 6.45) is 4.36. The van der Waals surface area contributed by atoms with Gasteiger partial charge in [0.2, 0.25) is 0 Å². The Hall–Kier alpha value is 0.120. The van der Waals surface area contributed by atoms with E-state index in [4.69, 9.17) is 5.11 Å². The zero-order chi connectivity index (χ0) is 9.68. The molecule has 0 radical (unpaired) electrons. The highest BCUT2D eigenvalue weighted by molar-refractivity contribution is 14.1. The van der Waals surface area contributed by atoms with Gasteiger partial charge < -0.3 is 5.11 Å². The van der Waals surface area contributed by atoms with Gasteiger partial charge in [0, 0.05) is 27.8 Å². The summed E-state index contributed by atoms with van der Waals surface area (Å²) in [5, 5.41) is 9.85. The largest absolute Gasteiger partial charge is 0.396 e. The van der Waals surface area contributed by atoms with Crippen LogP contribution in [0.3, 0.4) is 0 Å². The summed E-state index contributed by atoms with van der Waals surface area (Å²) in [7, 11) is 0. The van der Waals surface area contributed by atoms with Crippen molar-refractivity contribution in [2.45, 2.75) is 23.8 Å². The Morgan fingerprint density at radius 3 is 2.69 bits per heavy atom. The van der Waals surface area contributed by atoms with Crippen LogP contribution in [0, 0.1) is 3.57 Å². The third kappa shape index (κ3) is 4.24. The van der Waals surface area contributed by atoms with Crippen molar-refractivity contribution in [1.29, 1.82) is 0 Å². The van der Waals surface area contributed by atoms with E-state index < -0.39 is 0 Å². The first kappa shape index (κ1) is 11.2. The number of hydrogen-bond acceptors (Lipinski definition) is 4. The molecule has 5 heteroatoms. The number of thioether (sulfide) groups is 1. The van der Waals surface area contributed by atoms with Crippen molar-refractivity contribution < 1.29 is 5.11 Å². The minimum atomic E-state index is 0.221. The first-order chi connectivity index (χ1) is 6.22. The molecule has 0 saturated heterocycles. The van der Waals surface area contributed by atoms with Crippen LogP contribution in [0.15, 0.2) is 17.6 Å². The standard InChI is InChI=1S/C8H11IN2OS/c1-6(2-3-12)13-8-10-4-7(9)5-11-8/h4-6,12H,2-3H2,1H3. The lowest BCUT2D eigenvalue weighted by Gasteiger charge is -2.06. The van der Waals surface area contributed by atoms with Crippen LogP contribution in [0.4, 0.5) is 0 Å². The van der Waals surface area contributed by atoms with Crippen LogP contribution in [-0.4, -0.2) is 26.9 Å². The fourth-order valence-electron chi connectivity index (χ4n) is 0.782. The SMILES string of the molecule is CC(CCO)Sc1ncc(I)cn1. The van der Waals surface area contributed by atoms with Crippen molar-refractivity contribution in [1.82, 2.24) is 9.97 Å². The second kappa shape index (κ2) is 5.77. The summed E-state index contributed by atoms with van der Waals surface area (Å²) < 4.78 is 1.04. The predicted octanol–water partition coefficient (Wildman–Crippen LogP) is 1.94. The van der Waals surface area contributed by atoms with Gasteiger partial charge in [0.05, 0.1) is 0 Å². The molecule has 0 fully saturated rings. The predicted molar refractivity (Wildman–Crippen MR) is 61.8 cm³/mol. The lowest BCUT2D eigenvalue weighted by molar-refractivity contribution is 0.289. The number of nitrogens with zero attached hydrogens (tertiary/aromatic N) is 2. The Labute approximate surface area is 95.5 Å².